The van der Waals surface area contributed by atoms with Crippen LogP contribution in [-0.4, -0.2) is 27.4 Å². The third-order valence-electron chi connectivity index (χ3n) is 3.98. The van der Waals surface area contributed by atoms with Crippen molar-refractivity contribution in [2.45, 2.75) is 25.2 Å². The minimum Gasteiger partial charge on any atom is -0.351 e. The van der Waals surface area contributed by atoms with E-state index in [1.165, 1.54) is 4.31 Å². The first-order chi connectivity index (χ1) is 12.4. The molecule has 0 heterocycles. The lowest BCUT2D eigenvalue weighted by Gasteiger charge is -2.26. The van der Waals surface area contributed by atoms with Crippen molar-refractivity contribution in [2.24, 2.45) is 0 Å². The van der Waals surface area contributed by atoms with Crippen LogP contribution in [-0.2, 0) is 21.2 Å². The Labute approximate surface area is 155 Å². The minimum absolute atomic E-state index is 0.158. The van der Waals surface area contributed by atoms with Crippen LogP contribution in [0.15, 0.2) is 66.1 Å². The highest BCUT2D eigenvalue weighted by Crippen LogP contribution is 2.27. The summed E-state index contributed by atoms with van der Waals surface area (Å²) in [7, 11) is -3.88. The van der Waals surface area contributed by atoms with Gasteiger partial charge in [0.25, 0.3) is 10.0 Å². The number of sulfonamides is 1. The van der Waals surface area contributed by atoms with E-state index in [2.05, 4.69) is 11.9 Å². The number of nitrogens with zero attached hydrogens (tertiary/aromatic N) is 1. The second-order valence-corrected chi connectivity index (χ2v) is 7.76. The predicted octanol–water partition coefficient (Wildman–Crippen LogP) is 3.05. The molecule has 5 nitrogen and oxygen atoms in total. The van der Waals surface area contributed by atoms with E-state index in [0.717, 1.165) is 11.1 Å². The number of rotatable bonds is 8. The number of benzene rings is 2. The van der Waals surface area contributed by atoms with Gasteiger partial charge >= 0.3 is 0 Å². The highest BCUT2D eigenvalue weighted by Gasteiger charge is 2.28. The molecule has 0 saturated heterocycles. The summed E-state index contributed by atoms with van der Waals surface area (Å²) in [5.74, 6) is -0.383. The lowest BCUT2D eigenvalue weighted by molar-refractivity contribution is -0.119. The first-order valence-corrected chi connectivity index (χ1v) is 9.89. The fourth-order valence-corrected chi connectivity index (χ4v) is 4.02. The summed E-state index contributed by atoms with van der Waals surface area (Å²) in [6, 6.07) is 13.8. The fraction of sp³-hybridized carbons (Fsp3) is 0.250. The summed E-state index contributed by atoms with van der Waals surface area (Å²) in [5.41, 5.74) is 2.34. The third-order valence-corrected chi connectivity index (χ3v) is 5.75. The Morgan fingerprint density at radius 2 is 1.81 bits per heavy atom. The van der Waals surface area contributed by atoms with Gasteiger partial charge in [0.2, 0.25) is 5.91 Å². The molecule has 0 aliphatic rings. The van der Waals surface area contributed by atoms with Gasteiger partial charge in [-0.15, -0.1) is 6.58 Å². The highest BCUT2D eigenvalue weighted by molar-refractivity contribution is 7.92. The number of hydrogen-bond donors (Lipinski definition) is 1. The third kappa shape index (κ3) is 4.52. The van der Waals surface area contributed by atoms with Gasteiger partial charge in [-0.25, -0.2) is 8.42 Å². The number of aryl methyl sites for hydroxylation is 2. The Balaban J connectivity index is 2.50. The van der Waals surface area contributed by atoms with Gasteiger partial charge in [-0.2, -0.15) is 0 Å². The quantitative estimate of drug-likeness (QED) is 0.724. The van der Waals surface area contributed by atoms with Gasteiger partial charge in [-0.05, 0) is 37.1 Å². The zero-order chi connectivity index (χ0) is 19.2. The highest BCUT2D eigenvalue weighted by atomic mass is 32.2. The molecule has 0 bridgehead atoms. The summed E-state index contributed by atoms with van der Waals surface area (Å²) in [6.07, 6.45) is 2.21. The van der Waals surface area contributed by atoms with Gasteiger partial charge in [-0.1, -0.05) is 48.9 Å². The maximum atomic E-state index is 13.2. The molecule has 0 radical (unpaired) electrons. The van der Waals surface area contributed by atoms with Crippen molar-refractivity contribution in [1.82, 2.24) is 5.32 Å². The number of nitrogens with one attached hydrogen (secondary N) is 1. The minimum atomic E-state index is -3.88. The lowest BCUT2D eigenvalue weighted by Crippen LogP contribution is -2.41. The maximum absolute atomic E-state index is 13.2. The Bertz CT molecular complexity index is 874. The largest absolute Gasteiger partial charge is 0.351 e. The zero-order valence-electron chi connectivity index (χ0n) is 15.1. The van der Waals surface area contributed by atoms with Gasteiger partial charge < -0.3 is 5.32 Å². The van der Waals surface area contributed by atoms with Crippen LogP contribution in [0.5, 0.6) is 0 Å². The van der Waals surface area contributed by atoms with Crippen LogP contribution in [0, 0.1) is 6.92 Å². The summed E-state index contributed by atoms with van der Waals surface area (Å²) < 4.78 is 27.7. The molecule has 0 aliphatic heterocycles. The molecule has 1 amide bonds. The lowest BCUT2D eigenvalue weighted by atomic mass is 10.1. The normalized spacial score (nSPS) is 11.0. The summed E-state index contributed by atoms with van der Waals surface area (Å²) in [5, 5.41) is 2.64. The SMILES string of the molecule is C=CCNC(=O)CN(c1ccccc1CC)S(=O)(=O)c1ccc(C)cc1. The first-order valence-electron chi connectivity index (χ1n) is 8.45. The van der Waals surface area contributed by atoms with Crippen molar-refractivity contribution in [3.63, 3.8) is 0 Å². The molecule has 0 fully saturated rings. The molecule has 2 rings (SSSR count). The van der Waals surface area contributed by atoms with Crippen LogP contribution >= 0.6 is 0 Å². The molecule has 0 saturated carbocycles. The van der Waals surface area contributed by atoms with E-state index in [0.29, 0.717) is 12.1 Å². The van der Waals surface area contributed by atoms with Crippen LogP contribution in [0.1, 0.15) is 18.1 Å². The van der Waals surface area contributed by atoms with Gasteiger partial charge in [0, 0.05) is 6.54 Å². The van der Waals surface area contributed by atoms with Crippen molar-refractivity contribution in [2.75, 3.05) is 17.4 Å². The summed E-state index contributed by atoms with van der Waals surface area (Å²) >= 11 is 0. The second kappa shape index (κ2) is 8.67. The molecule has 138 valence electrons. The van der Waals surface area contributed by atoms with Gasteiger partial charge in [0.15, 0.2) is 0 Å². The van der Waals surface area contributed by atoms with Crippen molar-refractivity contribution < 1.29 is 13.2 Å². The van der Waals surface area contributed by atoms with Crippen molar-refractivity contribution in [1.29, 1.82) is 0 Å². The van der Waals surface area contributed by atoms with E-state index < -0.39 is 10.0 Å². The van der Waals surface area contributed by atoms with Crippen LogP contribution in [0.25, 0.3) is 0 Å². The monoisotopic (exact) mass is 372 g/mol. The molecule has 0 unspecified atom stereocenters. The topological polar surface area (TPSA) is 66.5 Å². The van der Waals surface area contributed by atoms with E-state index in [4.69, 9.17) is 0 Å². The van der Waals surface area contributed by atoms with E-state index in [1.54, 1.807) is 42.5 Å². The standard InChI is InChI=1S/C20H24N2O3S/c1-4-14-21-20(23)15-22(19-9-7-6-8-17(19)5-2)26(24,25)18-12-10-16(3)11-13-18/h4,6-13H,1,5,14-15H2,2-3H3,(H,21,23). The molecule has 0 spiro atoms. The second-order valence-electron chi connectivity index (χ2n) is 5.90. The molecule has 2 aromatic carbocycles. The number of carbonyl (C=O) groups is 1. The summed E-state index contributed by atoms with van der Waals surface area (Å²) in [6.45, 7) is 7.39. The predicted molar refractivity (Wildman–Crippen MR) is 105 cm³/mol. The molecular weight excluding hydrogens is 348 g/mol. The van der Waals surface area contributed by atoms with Crippen LogP contribution in [0.4, 0.5) is 5.69 Å². The zero-order valence-corrected chi connectivity index (χ0v) is 15.9. The smallest absolute Gasteiger partial charge is 0.264 e. The molecule has 0 atom stereocenters. The maximum Gasteiger partial charge on any atom is 0.264 e. The Morgan fingerprint density at radius 1 is 1.15 bits per heavy atom. The Hall–Kier alpha value is -2.60. The van der Waals surface area contributed by atoms with Crippen LogP contribution in [0.3, 0.4) is 0 Å². The van der Waals surface area contributed by atoms with E-state index in [9.17, 15) is 13.2 Å². The number of anilines is 1. The van der Waals surface area contributed by atoms with Gasteiger partial charge in [0.1, 0.15) is 6.54 Å². The van der Waals surface area contributed by atoms with E-state index >= 15 is 0 Å². The molecule has 0 aliphatic carbocycles. The van der Waals surface area contributed by atoms with Crippen molar-refractivity contribution in [3.05, 3.63) is 72.3 Å². The molecular formula is C20H24N2O3S. The molecule has 1 N–H and O–H groups in total. The fourth-order valence-electron chi connectivity index (χ4n) is 2.56. The van der Waals surface area contributed by atoms with E-state index in [-0.39, 0.29) is 23.9 Å². The van der Waals surface area contributed by atoms with Crippen LogP contribution < -0.4 is 9.62 Å². The molecule has 2 aromatic rings. The Kier molecular flexibility index (Phi) is 6.58. The Morgan fingerprint density at radius 3 is 2.42 bits per heavy atom. The average molecular weight is 372 g/mol. The first kappa shape index (κ1) is 19.7. The number of carbonyl (C=O) groups excluding carboxylic acids is 1. The number of para-hydroxylation sites is 1. The summed E-state index contributed by atoms with van der Waals surface area (Å²) in [4.78, 5) is 12.4. The molecule has 26 heavy (non-hydrogen) atoms. The van der Waals surface area contributed by atoms with E-state index in [1.807, 2.05) is 26.0 Å². The molecule has 6 heteroatoms. The number of amides is 1. The van der Waals surface area contributed by atoms with Gasteiger partial charge in [0.05, 0.1) is 10.6 Å². The van der Waals surface area contributed by atoms with Crippen molar-refractivity contribution >= 4 is 21.6 Å². The molecule has 0 aromatic heterocycles. The van der Waals surface area contributed by atoms with Gasteiger partial charge in [-0.3, -0.25) is 9.10 Å². The van der Waals surface area contributed by atoms with Crippen LogP contribution in [0.2, 0.25) is 0 Å². The average Bonchev–Trinajstić information content (AvgIpc) is 2.64. The number of hydrogen-bond acceptors (Lipinski definition) is 3. The van der Waals surface area contributed by atoms with Crippen molar-refractivity contribution in [3.8, 4) is 0 Å².